The number of nitriles is 1. The second-order valence-corrected chi connectivity index (χ2v) is 4.62. The molecule has 0 saturated heterocycles. The summed E-state index contributed by atoms with van der Waals surface area (Å²) in [5.74, 6) is 0. The van der Waals surface area contributed by atoms with Crippen LogP contribution < -0.4 is 11.2 Å². The number of hydrogen-bond acceptors (Lipinski definition) is 3. The van der Waals surface area contributed by atoms with Crippen molar-refractivity contribution in [2.45, 2.75) is 40.3 Å². The highest BCUT2D eigenvalue weighted by atomic mass is 16.2. The van der Waals surface area contributed by atoms with E-state index in [2.05, 4.69) is 6.07 Å². The molecule has 0 atom stereocenters. The minimum Gasteiger partial charge on any atom is -0.301 e. The maximum absolute atomic E-state index is 11.9. The van der Waals surface area contributed by atoms with E-state index in [0.717, 1.165) is 0 Å². The highest BCUT2D eigenvalue weighted by Gasteiger charge is 2.17. The minimum atomic E-state index is -0.529. The van der Waals surface area contributed by atoms with Gasteiger partial charge in [0.25, 0.3) is 5.56 Å². The third-order valence-corrected chi connectivity index (χ3v) is 2.74. The van der Waals surface area contributed by atoms with E-state index < -0.39 is 5.41 Å². The molecule has 1 aromatic heterocycles. The molecule has 0 bridgehead atoms. The normalized spacial score (nSPS) is 11.2. The molecular formula is C12H17N3O2. The molecule has 0 aromatic carbocycles. The summed E-state index contributed by atoms with van der Waals surface area (Å²) in [4.78, 5) is 23.4. The third kappa shape index (κ3) is 3.06. The summed E-state index contributed by atoms with van der Waals surface area (Å²) in [6, 6.07) is 3.53. The summed E-state index contributed by atoms with van der Waals surface area (Å²) in [5.41, 5.74) is -1.15. The summed E-state index contributed by atoms with van der Waals surface area (Å²) in [6.45, 7) is 6.23. The van der Waals surface area contributed by atoms with Crippen LogP contribution in [0.25, 0.3) is 0 Å². The lowest BCUT2D eigenvalue weighted by atomic mass is 9.91. The van der Waals surface area contributed by atoms with E-state index in [1.54, 1.807) is 13.8 Å². The van der Waals surface area contributed by atoms with Crippen LogP contribution >= 0.6 is 0 Å². The highest BCUT2D eigenvalue weighted by molar-refractivity contribution is 4.93. The van der Waals surface area contributed by atoms with Crippen LogP contribution in [-0.4, -0.2) is 9.13 Å². The van der Waals surface area contributed by atoms with Gasteiger partial charge in [-0.25, -0.2) is 4.79 Å². The van der Waals surface area contributed by atoms with Crippen LogP contribution in [0.5, 0.6) is 0 Å². The van der Waals surface area contributed by atoms with Crippen molar-refractivity contribution >= 4 is 0 Å². The Balaban J connectivity index is 3.04. The second-order valence-electron chi connectivity index (χ2n) is 4.62. The van der Waals surface area contributed by atoms with E-state index in [1.165, 1.54) is 21.4 Å². The van der Waals surface area contributed by atoms with Gasteiger partial charge in [-0.3, -0.25) is 9.36 Å². The van der Waals surface area contributed by atoms with Gasteiger partial charge in [-0.15, -0.1) is 0 Å². The average molecular weight is 235 g/mol. The summed E-state index contributed by atoms with van der Waals surface area (Å²) >= 11 is 0. The lowest BCUT2D eigenvalue weighted by molar-refractivity contribution is 0.397. The molecule has 0 fully saturated rings. The van der Waals surface area contributed by atoms with Gasteiger partial charge >= 0.3 is 5.69 Å². The number of rotatable bonds is 4. The number of aromatic nitrogens is 2. The molecule has 0 N–H and O–H groups in total. The first kappa shape index (κ1) is 13.2. The Kier molecular flexibility index (Phi) is 3.89. The SMILES string of the molecule is CCn1ccc(=O)n(CCC(C)(C)C#N)c1=O. The lowest BCUT2D eigenvalue weighted by Gasteiger charge is -2.15. The Morgan fingerprint density at radius 3 is 2.59 bits per heavy atom. The van der Waals surface area contributed by atoms with Crippen molar-refractivity contribution < 1.29 is 0 Å². The maximum atomic E-state index is 11.9. The zero-order valence-electron chi connectivity index (χ0n) is 10.4. The summed E-state index contributed by atoms with van der Waals surface area (Å²) in [7, 11) is 0. The van der Waals surface area contributed by atoms with Crippen molar-refractivity contribution in [2.24, 2.45) is 5.41 Å². The Labute approximate surface area is 99.9 Å². The molecule has 17 heavy (non-hydrogen) atoms. The first-order chi connectivity index (χ1) is 7.91. The van der Waals surface area contributed by atoms with Crippen molar-refractivity contribution in [1.82, 2.24) is 9.13 Å². The Morgan fingerprint density at radius 1 is 1.41 bits per heavy atom. The van der Waals surface area contributed by atoms with Gasteiger partial charge in [0.1, 0.15) is 0 Å². The summed E-state index contributed by atoms with van der Waals surface area (Å²) in [6.07, 6.45) is 1.98. The van der Waals surface area contributed by atoms with Gasteiger partial charge in [0.2, 0.25) is 0 Å². The Hall–Kier alpha value is -1.83. The van der Waals surface area contributed by atoms with Gasteiger partial charge in [-0.2, -0.15) is 5.26 Å². The van der Waals surface area contributed by atoms with Crippen LogP contribution in [0.15, 0.2) is 21.9 Å². The van der Waals surface area contributed by atoms with Gasteiger partial charge in [0, 0.05) is 25.4 Å². The fourth-order valence-corrected chi connectivity index (χ4v) is 1.45. The number of nitrogens with zero attached hydrogens (tertiary/aromatic N) is 3. The van der Waals surface area contributed by atoms with E-state index in [9.17, 15) is 9.59 Å². The van der Waals surface area contributed by atoms with Crippen molar-refractivity contribution in [3.8, 4) is 6.07 Å². The molecular weight excluding hydrogens is 218 g/mol. The van der Waals surface area contributed by atoms with Crippen LogP contribution in [0.1, 0.15) is 27.2 Å². The predicted octanol–water partition coefficient (Wildman–Crippen LogP) is 0.970. The zero-order valence-corrected chi connectivity index (χ0v) is 10.4. The molecule has 1 rings (SSSR count). The van der Waals surface area contributed by atoms with E-state index in [1.807, 2.05) is 6.92 Å². The number of aryl methyl sites for hydroxylation is 1. The monoisotopic (exact) mass is 235 g/mol. The molecule has 0 saturated carbocycles. The smallest absolute Gasteiger partial charge is 0.301 e. The van der Waals surface area contributed by atoms with Crippen LogP contribution in [-0.2, 0) is 13.1 Å². The average Bonchev–Trinajstić information content (AvgIpc) is 2.29. The molecule has 5 nitrogen and oxygen atoms in total. The van der Waals surface area contributed by atoms with Crippen LogP contribution in [0, 0.1) is 16.7 Å². The van der Waals surface area contributed by atoms with Gasteiger partial charge < -0.3 is 4.57 Å². The fourth-order valence-electron chi connectivity index (χ4n) is 1.45. The maximum Gasteiger partial charge on any atom is 0.330 e. The van der Waals surface area contributed by atoms with Crippen LogP contribution in [0.2, 0.25) is 0 Å². The predicted molar refractivity (Wildman–Crippen MR) is 64.6 cm³/mol. The molecule has 0 radical (unpaired) electrons. The zero-order chi connectivity index (χ0) is 13.1. The van der Waals surface area contributed by atoms with Crippen molar-refractivity contribution in [3.63, 3.8) is 0 Å². The van der Waals surface area contributed by atoms with Crippen molar-refractivity contribution in [1.29, 1.82) is 5.26 Å². The van der Waals surface area contributed by atoms with Gasteiger partial charge in [0.15, 0.2) is 0 Å². The molecule has 0 unspecified atom stereocenters. The van der Waals surface area contributed by atoms with Crippen molar-refractivity contribution in [2.75, 3.05) is 0 Å². The number of hydrogen-bond donors (Lipinski definition) is 0. The topological polar surface area (TPSA) is 67.8 Å². The van der Waals surface area contributed by atoms with Gasteiger partial charge in [-0.05, 0) is 27.2 Å². The third-order valence-electron chi connectivity index (χ3n) is 2.74. The molecule has 92 valence electrons. The lowest BCUT2D eigenvalue weighted by Crippen LogP contribution is -2.39. The molecule has 0 aliphatic rings. The molecule has 5 heteroatoms. The molecule has 0 amide bonds. The van der Waals surface area contributed by atoms with Gasteiger partial charge in [0.05, 0.1) is 11.5 Å². The largest absolute Gasteiger partial charge is 0.330 e. The van der Waals surface area contributed by atoms with Crippen LogP contribution in [0.4, 0.5) is 0 Å². The van der Waals surface area contributed by atoms with E-state index >= 15 is 0 Å². The van der Waals surface area contributed by atoms with Crippen molar-refractivity contribution in [3.05, 3.63) is 33.1 Å². The van der Waals surface area contributed by atoms with Gasteiger partial charge in [-0.1, -0.05) is 0 Å². The first-order valence-electron chi connectivity index (χ1n) is 5.63. The molecule has 1 aromatic rings. The first-order valence-corrected chi connectivity index (χ1v) is 5.63. The van der Waals surface area contributed by atoms with E-state index in [4.69, 9.17) is 5.26 Å². The minimum absolute atomic E-state index is 0.277. The Bertz CT molecular complexity index is 546. The molecule has 0 aliphatic carbocycles. The van der Waals surface area contributed by atoms with E-state index in [0.29, 0.717) is 13.0 Å². The fraction of sp³-hybridized carbons (Fsp3) is 0.583. The Morgan fingerprint density at radius 2 is 2.06 bits per heavy atom. The molecule has 0 aliphatic heterocycles. The quantitative estimate of drug-likeness (QED) is 0.781. The summed E-state index contributed by atoms with van der Waals surface area (Å²) < 4.78 is 2.66. The highest BCUT2D eigenvalue weighted by Crippen LogP contribution is 2.18. The standard InChI is InChI=1S/C12H17N3O2/c1-4-14-7-5-10(16)15(11(14)17)8-6-12(2,3)9-13/h5,7H,4,6,8H2,1-3H3. The van der Waals surface area contributed by atoms with Crippen LogP contribution in [0.3, 0.4) is 0 Å². The summed E-state index contributed by atoms with van der Waals surface area (Å²) in [5, 5.41) is 8.89. The second kappa shape index (κ2) is 5.00. The molecule has 0 spiro atoms. The van der Waals surface area contributed by atoms with E-state index in [-0.39, 0.29) is 17.8 Å². The molecule has 1 heterocycles.